The fraction of sp³-hybridized carbons (Fsp3) is 0.222. The van der Waals surface area contributed by atoms with Crippen LogP contribution in [0.4, 0.5) is 5.69 Å². The molecule has 0 radical (unpaired) electrons. The molecule has 1 amide bonds. The van der Waals surface area contributed by atoms with Crippen LogP contribution < -0.4 is 15.8 Å². The average Bonchev–Trinajstić information content (AvgIpc) is 3.33. The maximum absolute atomic E-state index is 11.5. The van der Waals surface area contributed by atoms with E-state index >= 15 is 0 Å². The number of aromatic nitrogens is 1. The zero-order chi connectivity index (χ0) is 24.4. The first-order valence-electron chi connectivity index (χ1n) is 11.3. The first-order valence-corrected chi connectivity index (χ1v) is 11.3. The number of fused-ring (bicyclic) bond motifs is 1. The standard InChI is InChI=1S/C27H24N4O4/c1-33-24-13-17(27(29)32)2-4-21(24)25-14-23-26(35-25)20(6-9-30-23)16-3-5-22(18(12-16)15-28)31-19-7-10-34-11-8-19/h2-6,9,12-14,19,31H,7-8,10-11H2,1H3,(H2,29,32). The number of anilines is 1. The Labute approximate surface area is 202 Å². The number of nitrogens with zero attached hydrogens (tertiary/aromatic N) is 2. The van der Waals surface area contributed by atoms with Gasteiger partial charge in [0, 0.05) is 42.6 Å². The number of hydrogen-bond donors (Lipinski definition) is 2. The number of hydrogen-bond acceptors (Lipinski definition) is 7. The molecule has 1 fully saturated rings. The predicted molar refractivity (Wildman–Crippen MR) is 132 cm³/mol. The smallest absolute Gasteiger partial charge is 0.248 e. The molecule has 0 aliphatic carbocycles. The minimum atomic E-state index is -0.536. The predicted octanol–water partition coefficient (Wildman–Crippen LogP) is 4.73. The highest BCUT2D eigenvalue weighted by molar-refractivity contribution is 5.96. The molecule has 2 aromatic heterocycles. The van der Waals surface area contributed by atoms with Crippen molar-refractivity contribution in [1.29, 1.82) is 5.26 Å². The Bertz CT molecular complexity index is 1450. The molecule has 3 heterocycles. The molecule has 0 saturated carbocycles. The molecule has 3 N–H and O–H groups in total. The second-order valence-electron chi connectivity index (χ2n) is 8.37. The van der Waals surface area contributed by atoms with Gasteiger partial charge < -0.3 is 24.9 Å². The second kappa shape index (κ2) is 9.49. The van der Waals surface area contributed by atoms with E-state index in [9.17, 15) is 10.1 Å². The van der Waals surface area contributed by atoms with Gasteiger partial charge in [-0.25, -0.2) is 0 Å². The number of rotatable bonds is 6. The molecule has 1 saturated heterocycles. The van der Waals surface area contributed by atoms with Crippen LogP contribution in [0.2, 0.25) is 0 Å². The van der Waals surface area contributed by atoms with Crippen molar-refractivity contribution in [3.8, 4) is 34.3 Å². The Balaban J connectivity index is 1.53. The van der Waals surface area contributed by atoms with Crippen molar-refractivity contribution in [3.63, 3.8) is 0 Å². The van der Waals surface area contributed by atoms with Crippen LogP contribution in [0.1, 0.15) is 28.8 Å². The fourth-order valence-corrected chi connectivity index (χ4v) is 4.34. The average molecular weight is 469 g/mol. The molecule has 0 bridgehead atoms. The highest BCUT2D eigenvalue weighted by Crippen LogP contribution is 2.38. The molecule has 8 nitrogen and oxygen atoms in total. The van der Waals surface area contributed by atoms with Gasteiger partial charge in [0.2, 0.25) is 5.91 Å². The van der Waals surface area contributed by atoms with Crippen LogP contribution in [-0.2, 0) is 4.74 Å². The van der Waals surface area contributed by atoms with E-state index in [0.717, 1.165) is 42.9 Å². The van der Waals surface area contributed by atoms with Crippen molar-refractivity contribution in [1.82, 2.24) is 4.98 Å². The monoisotopic (exact) mass is 468 g/mol. The first kappa shape index (κ1) is 22.4. The molecule has 35 heavy (non-hydrogen) atoms. The summed E-state index contributed by atoms with van der Waals surface area (Å²) in [4.78, 5) is 16.0. The van der Waals surface area contributed by atoms with E-state index in [2.05, 4.69) is 16.4 Å². The van der Waals surface area contributed by atoms with Crippen LogP contribution in [0.3, 0.4) is 0 Å². The second-order valence-corrected chi connectivity index (χ2v) is 8.37. The van der Waals surface area contributed by atoms with Gasteiger partial charge in [0.15, 0.2) is 5.58 Å². The molecule has 0 unspecified atom stereocenters. The highest BCUT2D eigenvalue weighted by Gasteiger charge is 2.19. The summed E-state index contributed by atoms with van der Waals surface area (Å²) < 4.78 is 17.1. The summed E-state index contributed by atoms with van der Waals surface area (Å²) >= 11 is 0. The van der Waals surface area contributed by atoms with E-state index in [4.69, 9.17) is 19.6 Å². The van der Waals surface area contributed by atoms with Crippen molar-refractivity contribution in [3.05, 3.63) is 65.9 Å². The lowest BCUT2D eigenvalue weighted by atomic mass is 10.0. The van der Waals surface area contributed by atoms with Crippen LogP contribution in [-0.4, -0.2) is 37.3 Å². The summed E-state index contributed by atoms with van der Waals surface area (Å²) in [6, 6.07) is 17.0. The summed E-state index contributed by atoms with van der Waals surface area (Å²) in [6.45, 7) is 1.45. The number of ether oxygens (including phenoxy) is 2. The maximum atomic E-state index is 11.5. The van der Waals surface area contributed by atoms with Crippen LogP contribution in [0.25, 0.3) is 33.6 Å². The third-order valence-corrected chi connectivity index (χ3v) is 6.20. The van der Waals surface area contributed by atoms with Crippen molar-refractivity contribution in [2.75, 3.05) is 25.6 Å². The van der Waals surface area contributed by atoms with Gasteiger partial charge in [-0.05, 0) is 54.8 Å². The number of primary amides is 1. The van der Waals surface area contributed by atoms with E-state index in [1.165, 1.54) is 7.11 Å². The van der Waals surface area contributed by atoms with Crippen molar-refractivity contribution < 1.29 is 18.7 Å². The number of carbonyl (C=O) groups is 1. The topological polar surface area (TPSA) is 123 Å². The van der Waals surface area contributed by atoms with E-state index in [1.807, 2.05) is 30.3 Å². The van der Waals surface area contributed by atoms with E-state index in [0.29, 0.717) is 39.3 Å². The lowest BCUT2D eigenvalue weighted by Crippen LogP contribution is -2.28. The Morgan fingerprint density at radius 2 is 1.97 bits per heavy atom. The molecular formula is C27H24N4O4. The largest absolute Gasteiger partial charge is 0.496 e. The van der Waals surface area contributed by atoms with Crippen molar-refractivity contribution in [2.45, 2.75) is 18.9 Å². The Hall–Kier alpha value is -4.35. The van der Waals surface area contributed by atoms with Crippen LogP contribution >= 0.6 is 0 Å². The first-order chi connectivity index (χ1) is 17.1. The quantitative estimate of drug-likeness (QED) is 0.419. The number of methoxy groups -OCH3 is 1. The number of carbonyl (C=O) groups excluding carboxylic acids is 1. The molecule has 0 spiro atoms. The van der Waals surface area contributed by atoms with Gasteiger partial charge in [-0.15, -0.1) is 0 Å². The fourth-order valence-electron chi connectivity index (χ4n) is 4.34. The summed E-state index contributed by atoms with van der Waals surface area (Å²) in [7, 11) is 1.52. The van der Waals surface area contributed by atoms with Gasteiger partial charge in [0.1, 0.15) is 23.1 Å². The number of amides is 1. The number of benzene rings is 2. The Morgan fingerprint density at radius 3 is 2.71 bits per heavy atom. The van der Waals surface area contributed by atoms with E-state index in [1.54, 1.807) is 24.4 Å². The SMILES string of the molecule is COc1cc(C(N)=O)ccc1-c1cc2nccc(-c3ccc(NC4CCOCC4)c(C#N)c3)c2o1. The summed E-state index contributed by atoms with van der Waals surface area (Å²) in [6.07, 6.45) is 3.54. The summed E-state index contributed by atoms with van der Waals surface area (Å²) in [5, 5.41) is 13.3. The Kier molecular flexibility index (Phi) is 6.08. The lowest BCUT2D eigenvalue weighted by Gasteiger charge is -2.24. The zero-order valence-corrected chi connectivity index (χ0v) is 19.2. The van der Waals surface area contributed by atoms with Gasteiger partial charge in [-0.3, -0.25) is 9.78 Å². The van der Waals surface area contributed by atoms with Crippen LogP contribution in [0.15, 0.2) is 59.1 Å². The third-order valence-electron chi connectivity index (χ3n) is 6.20. The van der Waals surface area contributed by atoms with Crippen LogP contribution in [0.5, 0.6) is 5.75 Å². The minimum Gasteiger partial charge on any atom is -0.496 e. The third kappa shape index (κ3) is 4.42. The molecular weight excluding hydrogens is 444 g/mol. The molecule has 8 heteroatoms. The van der Waals surface area contributed by atoms with Gasteiger partial charge in [0.05, 0.1) is 23.9 Å². The molecule has 1 aliphatic heterocycles. The molecule has 0 atom stereocenters. The Morgan fingerprint density at radius 1 is 1.14 bits per heavy atom. The van der Waals surface area contributed by atoms with Crippen molar-refractivity contribution >= 4 is 22.7 Å². The normalized spacial score (nSPS) is 13.9. The highest BCUT2D eigenvalue weighted by atomic mass is 16.5. The number of nitriles is 1. The number of pyridine rings is 1. The number of nitrogens with two attached hydrogens (primary N) is 1. The number of nitrogens with one attached hydrogen (secondary N) is 1. The van der Waals surface area contributed by atoms with Gasteiger partial charge in [0.25, 0.3) is 0 Å². The van der Waals surface area contributed by atoms with Crippen LogP contribution in [0, 0.1) is 11.3 Å². The lowest BCUT2D eigenvalue weighted by molar-refractivity contribution is 0.0904. The maximum Gasteiger partial charge on any atom is 0.248 e. The molecule has 4 aromatic rings. The zero-order valence-electron chi connectivity index (χ0n) is 19.2. The van der Waals surface area contributed by atoms with E-state index < -0.39 is 5.91 Å². The van der Waals surface area contributed by atoms with Gasteiger partial charge >= 0.3 is 0 Å². The van der Waals surface area contributed by atoms with Crippen molar-refractivity contribution in [2.24, 2.45) is 5.73 Å². The molecule has 1 aliphatic rings. The molecule has 5 rings (SSSR count). The summed E-state index contributed by atoms with van der Waals surface area (Å²) in [5.74, 6) is 0.481. The summed E-state index contributed by atoms with van der Waals surface area (Å²) in [5.41, 5.74) is 10.7. The molecule has 176 valence electrons. The van der Waals surface area contributed by atoms with Gasteiger partial charge in [-0.2, -0.15) is 5.26 Å². The van der Waals surface area contributed by atoms with Gasteiger partial charge in [-0.1, -0.05) is 6.07 Å². The molecule has 2 aromatic carbocycles. The van der Waals surface area contributed by atoms with E-state index in [-0.39, 0.29) is 6.04 Å². The number of furan rings is 1. The minimum absolute atomic E-state index is 0.290.